The molecule has 3 saturated heterocycles. The maximum Gasteiger partial charge on any atom is 0.235 e. The van der Waals surface area contributed by atoms with Crippen LogP contribution in [0.15, 0.2) is 30.3 Å². The lowest BCUT2D eigenvalue weighted by molar-refractivity contribution is -0.141. The molecular formula is C29H43N3O2. The van der Waals surface area contributed by atoms with Gasteiger partial charge in [-0.2, -0.15) is 0 Å². The SMILES string of the molecule is CCCCN1C(=O)[C@@H]2[C@@H](CN(c3ccccc3)C23CCN(C2CCC(C(C)C)CC2)CC3)C1=O. The normalized spacial score (nSPS) is 31.6. The van der Waals surface area contributed by atoms with E-state index in [-0.39, 0.29) is 29.2 Å². The zero-order valence-corrected chi connectivity index (χ0v) is 21.4. The summed E-state index contributed by atoms with van der Waals surface area (Å²) < 4.78 is 0. The van der Waals surface area contributed by atoms with E-state index in [1.165, 1.54) is 31.4 Å². The summed E-state index contributed by atoms with van der Waals surface area (Å²) in [6.07, 6.45) is 9.19. The van der Waals surface area contributed by atoms with Crippen LogP contribution in [0.1, 0.15) is 72.1 Å². The van der Waals surface area contributed by atoms with Crippen LogP contribution in [0.2, 0.25) is 0 Å². The third kappa shape index (κ3) is 3.98. The molecule has 34 heavy (non-hydrogen) atoms. The Kier molecular flexibility index (Phi) is 6.76. The van der Waals surface area contributed by atoms with Crippen molar-refractivity contribution in [1.82, 2.24) is 9.80 Å². The molecule has 0 N–H and O–H groups in total. The smallest absolute Gasteiger partial charge is 0.235 e. The zero-order valence-electron chi connectivity index (χ0n) is 21.4. The Labute approximate surface area is 205 Å². The van der Waals surface area contributed by atoms with Crippen LogP contribution in [0, 0.1) is 23.7 Å². The molecule has 2 atom stereocenters. The van der Waals surface area contributed by atoms with Gasteiger partial charge in [-0.1, -0.05) is 45.4 Å². The summed E-state index contributed by atoms with van der Waals surface area (Å²) in [5, 5.41) is 0. The lowest BCUT2D eigenvalue weighted by Gasteiger charge is -2.50. The molecule has 2 amide bonds. The van der Waals surface area contributed by atoms with E-state index in [1.54, 1.807) is 4.90 Å². The monoisotopic (exact) mass is 465 g/mol. The van der Waals surface area contributed by atoms with E-state index >= 15 is 0 Å². The first-order valence-electron chi connectivity index (χ1n) is 13.9. The van der Waals surface area contributed by atoms with Gasteiger partial charge < -0.3 is 9.80 Å². The van der Waals surface area contributed by atoms with Gasteiger partial charge in [-0.15, -0.1) is 0 Å². The fraction of sp³-hybridized carbons (Fsp3) is 0.724. The molecule has 5 rings (SSSR count). The topological polar surface area (TPSA) is 43.9 Å². The molecule has 1 aliphatic carbocycles. The van der Waals surface area contributed by atoms with E-state index in [9.17, 15) is 9.59 Å². The van der Waals surface area contributed by atoms with E-state index in [1.807, 2.05) is 6.07 Å². The Morgan fingerprint density at radius 1 is 0.971 bits per heavy atom. The van der Waals surface area contributed by atoms with Gasteiger partial charge in [0.25, 0.3) is 0 Å². The molecule has 1 aromatic carbocycles. The van der Waals surface area contributed by atoms with Gasteiger partial charge in [-0.05, 0) is 68.9 Å². The van der Waals surface area contributed by atoms with Crippen LogP contribution in [-0.4, -0.2) is 59.4 Å². The predicted molar refractivity (Wildman–Crippen MR) is 137 cm³/mol. The Morgan fingerprint density at radius 2 is 1.65 bits per heavy atom. The highest BCUT2D eigenvalue weighted by molar-refractivity contribution is 6.07. The average Bonchev–Trinajstić information content (AvgIpc) is 3.31. The lowest BCUT2D eigenvalue weighted by Crippen LogP contribution is -2.59. The van der Waals surface area contributed by atoms with Crippen LogP contribution in [0.25, 0.3) is 0 Å². The Balaban J connectivity index is 1.36. The van der Waals surface area contributed by atoms with Crippen molar-refractivity contribution < 1.29 is 9.59 Å². The number of imide groups is 1. The number of amides is 2. The lowest BCUT2D eigenvalue weighted by atomic mass is 9.73. The van der Waals surface area contributed by atoms with Crippen molar-refractivity contribution in [3.63, 3.8) is 0 Å². The molecule has 5 heteroatoms. The van der Waals surface area contributed by atoms with Gasteiger partial charge in [-0.25, -0.2) is 0 Å². The van der Waals surface area contributed by atoms with Crippen molar-refractivity contribution in [3.8, 4) is 0 Å². The Hall–Kier alpha value is -1.88. The summed E-state index contributed by atoms with van der Waals surface area (Å²) in [4.78, 5) is 33.9. The summed E-state index contributed by atoms with van der Waals surface area (Å²) in [5.74, 6) is 1.49. The molecular weight excluding hydrogens is 422 g/mol. The fourth-order valence-corrected chi connectivity index (χ4v) is 7.62. The Bertz CT molecular complexity index is 869. The average molecular weight is 466 g/mol. The summed E-state index contributed by atoms with van der Waals surface area (Å²) in [5.41, 5.74) is 0.939. The standard InChI is InChI=1S/C29H43N3O2/c1-4-5-17-31-27(33)25-20-32(24-9-7-6-8-10-24)29(26(25)28(31)34)15-18-30(19-16-29)23-13-11-22(12-14-23)21(2)3/h6-10,21-23,25-26H,4-5,11-20H2,1-3H3/t22?,23?,25-,26+/m1/s1. The fourth-order valence-electron chi connectivity index (χ4n) is 7.62. The van der Waals surface area contributed by atoms with E-state index in [4.69, 9.17) is 0 Å². The van der Waals surface area contributed by atoms with Crippen LogP contribution < -0.4 is 4.90 Å². The molecule has 0 radical (unpaired) electrons. The summed E-state index contributed by atoms with van der Waals surface area (Å²) in [7, 11) is 0. The molecule has 1 aromatic rings. The first-order valence-corrected chi connectivity index (χ1v) is 13.9. The molecule has 186 valence electrons. The highest BCUT2D eigenvalue weighted by atomic mass is 16.2. The quantitative estimate of drug-likeness (QED) is 0.557. The van der Waals surface area contributed by atoms with Gasteiger partial charge in [0.05, 0.1) is 17.4 Å². The molecule has 5 nitrogen and oxygen atoms in total. The number of hydrogen-bond donors (Lipinski definition) is 0. The third-order valence-corrected chi connectivity index (χ3v) is 9.68. The highest BCUT2D eigenvalue weighted by Gasteiger charge is 2.65. The molecule has 0 aromatic heterocycles. The summed E-state index contributed by atoms with van der Waals surface area (Å²) >= 11 is 0. The van der Waals surface area contributed by atoms with E-state index in [2.05, 4.69) is 54.8 Å². The van der Waals surface area contributed by atoms with Crippen LogP contribution >= 0.6 is 0 Å². The van der Waals surface area contributed by atoms with E-state index in [0.29, 0.717) is 19.1 Å². The zero-order chi connectivity index (χ0) is 23.9. The van der Waals surface area contributed by atoms with Crippen LogP contribution in [0.4, 0.5) is 5.69 Å². The van der Waals surface area contributed by atoms with Crippen molar-refractivity contribution in [2.75, 3.05) is 31.1 Å². The molecule has 0 unspecified atom stereocenters. The largest absolute Gasteiger partial charge is 0.364 e. The molecule has 4 aliphatic rings. The Morgan fingerprint density at radius 3 is 2.26 bits per heavy atom. The van der Waals surface area contributed by atoms with Crippen molar-refractivity contribution in [2.24, 2.45) is 23.7 Å². The molecule has 1 saturated carbocycles. The number of rotatable bonds is 6. The number of piperidine rings is 1. The molecule has 1 spiro atoms. The van der Waals surface area contributed by atoms with E-state index in [0.717, 1.165) is 50.6 Å². The summed E-state index contributed by atoms with van der Waals surface area (Å²) in [6, 6.07) is 11.2. The van der Waals surface area contributed by atoms with Gasteiger partial charge in [0, 0.05) is 37.9 Å². The number of carbonyl (C=O) groups is 2. The minimum absolute atomic E-state index is 0.0793. The first-order chi connectivity index (χ1) is 16.5. The molecule has 4 fully saturated rings. The number of anilines is 1. The first kappa shape index (κ1) is 23.8. The minimum Gasteiger partial charge on any atom is -0.364 e. The number of para-hydroxylation sites is 1. The van der Waals surface area contributed by atoms with Crippen LogP contribution in [0.3, 0.4) is 0 Å². The second kappa shape index (κ2) is 9.64. The molecule has 3 heterocycles. The number of benzene rings is 1. The van der Waals surface area contributed by atoms with Crippen molar-refractivity contribution in [1.29, 1.82) is 0 Å². The van der Waals surface area contributed by atoms with Gasteiger partial charge in [-0.3, -0.25) is 14.5 Å². The number of fused-ring (bicyclic) bond motifs is 2. The highest BCUT2D eigenvalue weighted by Crippen LogP contribution is 2.52. The third-order valence-electron chi connectivity index (χ3n) is 9.68. The minimum atomic E-state index is -0.231. The number of unbranched alkanes of at least 4 members (excludes halogenated alkanes) is 1. The van der Waals surface area contributed by atoms with E-state index < -0.39 is 0 Å². The van der Waals surface area contributed by atoms with Gasteiger partial charge in [0.15, 0.2) is 0 Å². The van der Waals surface area contributed by atoms with Gasteiger partial charge in [0.2, 0.25) is 11.8 Å². The molecule has 3 aliphatic heterocycles. The number of carbonyl (C=O) groups excluding carboxylic acids is 2. The maximum atomic E-state index is 13.7. The van der Waals surface area contributed by atoms with Crippen LogP contribution in [-0.2, 0) is 9.59 Å². The van der Waals surface area contributed by atoms with Crippen LogP contribution in [0.5, 0.6) is 0 Å². The number of likely N-dealkylation sites (tertiary alicyclic amines) is 2. The van der Waals surface area contributed by atoms with Crippen molar-refractivity contribution >= 4 is 17.5 Å². The molecule has 0 bridgehead atoms. The predicted octanol–water partition coefficient (Wildman–Crippen LogP) is 4.96. The second-order valence-electron chi connectivity index (χ2n) is 11.7. The van der Waals surface area contributed by atoms with Gasteiger partial charge in [0.1, 0.15) is 0 Å². The van der Waals surface area contributed by atoms with Crippen molar-refractivity contribution in [3.05, 3.63) is 30.3 Å². The number of nitrogens with zero attached hydrogens (tertiary/aromatic N) is 3. The van der Waals surface area contributed by atoms with Gasteiger partial charge >= 0.3 is 0 Å². The number of hydrogen-bond acceptors (Lipinski definition) is 4. The van der Waals surface area contributed by atoms with Crippen molar-refractivity contribution in [2.45, 2.75) is 83.7 Å². The summed E-state index contributed by atoms with van der Waals surface area (Å²) in [6.45, 7) is 10.2. The maximum absolute atomic E-state index is 13.7. The second-order valence-corrected chi connectivity index (χ2v) is 11.7.